The third-order valence-electron chi connectivity index (χ3n) is 2.66. The van der Waals surface area contributed by atoms with Crippen molar-refractivity contribution < 1.29 is 4.74 Å². The summed E-state index contributed by atoms with van der Waals surface area (Å²) in [6.07, 6.45) is 1.07. The minimum Gasteiger partial charge on any atom is -0.378 e. The van der Waals surface area contributed by atoms with Crippen LogP contribution in [0.2, 0.25) is 0 Å². The van der Waals surface area contributed by atoms with Crippen LogP contribution in [0.25, 0.3) is 0 Å². The summed E-state index contributed by atoms with van der Waals surface area (Å²) in [7, 11) is 1.68. The zero-order chi connectivity index (χ0) is 13.4. The van der Waals surface area contributed by atoms with E-state index in [-0.39, 0.29) is 0 Å². The Balaban J connectivity index is 2.96. The van der Waals surface area contributed by atoms with E-state index in [0.717, 1.165) is 43.5 Å². The van der Waals surface area contributed by atoms with E-state index in [0.29, 0.717) is 6.61 Å². The van der Waals surface area contributed by atoms with Gasteiger partial charge in [-0.3, -0.25) is 0 Å². The molecule has 1 heterocycles. The number of aromatic nitrogens is 2. The SMILES string of the molecule is CCCNc1cc(COC)nc(N(CC)CC)n1. The number of methoxy groups -OCH3 is 1. The van der Waals surface area contributed by atoms with Crippen LogP contribution in [0.15, 0.2) is 6.07 Å². The van der Waals surface area contributed by atoms with Gasteiger partial charge in [0.15, 0.2) is 0 Å². The summed E-state index contributed by atoms with van der Waals surface area (Å²) >= 11 is 0. The van der Waals surface area contributed by atoms with Crippen LogP contribution in [0, 0.1) is 0 Å². The minimum absolute atomic E-state index is 0.512. The average Bonchev–Trinajstić information content (AvgIpc) is 2.38. The molecule has 0 saturated heterocycles. The van der Waals surface area contributed by atoms with Gasteiger partial charge in [-0.15, -0.1) is 0 Å². The van der Waals surface area contributed by atoms with E-state index in [1.54, 1.807) is 7.11 Å². The second-order valence-electron chi connectivity index (χ2n) is 4.08. The Kier molecular flexibility index (Phi) is 6.43. The van der Waals surface area contributed by atoms with Crippen LogP contribution in [0.3, 0.4) is 0 Å². The number of ether oxygens (including phenoxy) is 1. The van der Waals surface area contributed by atoms with E-state index in [2.05, 4.69) is 41.0 Å². The third-order valence-corrected chi connectivity index (χ3v) is 2.66. The van der Waals surface area contributed by atoms with Gasteiger partial charge in [0.2, 0.25) is 5.95 Å². The summed E-state index contributed by atoms with van der Waals surface area (Å²) in [5, 5.41) is 3.30. The van der Waals surface area contributed by atoms with Crippen molar-refractivity contribution in [3.05, 3.63) is 11.8 Å². The lowest BCUT2D eigenvalue weighted by Gasteiger charge is -2.20. The first-order valence-corrected chi connectivity index (χ1v) is 6.60. The van der Waals surface area contributed by atoms with Gasteiger partial charge in [-0.25, -0.2) is 4.98 Å². The molecule has 1 aromatic heterocycles. The second kappa shape index (κ2) is 7.87. The minimum atomic E-state index is 0.512. The maximum atomic E-state index is 5.15. The van der Waals surface area contributed by atoms with Crippen molar-refractivity contribution in [2.75, 3.05) is 37.0 Å². The number of rotatable bonds is 8. The monoisotopic (exact) mass is 252 g/mol. The van der Waals surface area contributed by atoms with Gasteiger partial charge in [0.05, 0.1) is 12.3 Å². The molecule has 0 unspecified atom stereocenters. The highest BCUT2D eigenvalue weighted by Gasteiger charge is 2.09. The summed E-state index contributed by atoms with van der Waals surface area (Å²) < 4.78 is 5.15. The van der Waals surface area contributed by atoms with Crippen LogP contribution in [0.4, 0.5) is 11.8 Å². The second-order valence-corrected chi connectivity index (χ2v) is 4.08. The lowest BCUT2D eigenvalue weighted by Crippen LogP contribution is -2.25. The van der Waals surface area contributed by atoms with Gasteiger partial charge in [-0.2, -0.15) is 4.98 Å². The Hall–Kier alpha value is -1.36. The number of hydrogen-bond donors (Lipinski definition) is 1. The fourth-order valence-corrected chi connectivity index (χ4v) is 1.70. The van der Waals surface area contributed by atoms with Gasteiger partial charge < -0.3 is 15.0 Å². The molecule has 0 aliphatic rings. The predicted molar refractivity (Wildman–Crippen MR) is 75.1 cm³/mol. The molecular weight excluding hydrogens is 228 g/mol. The van der Waals surface area contributed by atoms with Gasteiger partial charge >= 0.3 is 0 Å². The normalized spacial score (nSPS) is 10.4. The zero-order valence-corrected chi connectivity index (χ0v) is 11.9. The molecule has 0 amide bonds. The summed E-state index contributed by atoms with van der Waals surface area (Å²) in [5.74, 6) is 1.65. The van der Waals surface area contributed by atoms with Gasteiger partial charge in [-0.05, 0) is 20.3 Å². The number of hydrogen-bond acceptors (Lipinski definition) is 5. The molecule has 102 valence electrons. The highest BCUT2D eigenvalue weighted by atomic mass is 16.5. The van der Waals surface area contributed by atoms with E-state index in [1.165, 1.54) is 0 Å². The highest BCUT2D eigenvalue weighted by molar-refractivity contribution is 5.43. The van der Waals surface area contributed by atoms with Gasteiger partial charge in [0.25, 0.3) is 0 Å². The molecule has 0 radical (unpaired) electrons. The fraction of sp³-hybridized carbons (Fsp3) is 0.692. The van der Waals surface area contributed by atoms with E-state index in [1.807, 2.05) is 6.07 Å². The molecule has 0 saturated carbocycles. The third kappa shape index (κ3) is 4.14. The molecule has 0 bridgehead atoms. The quantitative estimate of drug-likeness (QED) is 0.769. The van der Waals surface area contributed by atoms with E-state index < -0.39 is 0 Å². The summed E-state index contributed by atoms with van der Waals surface area (Å²) in [6, 6.07) is 1.95. The van der Waals surface area contributed by atoms with Crippen molar-refractivity contribution in [1.29, 1.82) is 0 Å². The molecule has 0 aliphatic heterocycles. The Morgan fingerprint density at radius 1 is 1.22 bits per heavy atom. The van der Waals surface area contributed by atoms with E-state index >= 15 is 0 Å². The Morgan fingerprint density at radius 2 is 1.94 bits per heavy atom. The van der Waals surface area contributed by atoms with Gasteiger partial charge in [0.1, 0.15) is 5.82 Å². The smallest absolute Gasteiger partial charge is 0.227 e. The van der Waals surface area contributed by atoms with Crippen LogP contribution in [0.5, 0.6) is 0 Å². The van der Waals surface area contributed by atoms with E-state index in [9.17, 15) is 0 Å². The predicted octanol–water partition coefficient (Wildman–Crippen LogP) is 2.29. The topological polar surface area (TPSA) is 50.3 Å². The van der Waals surface area contributed by atoms with Crippen LogP contribution < -0.4 is 10.2 Å². The molecule has 5 nitrogen and oxygen atoms in total. The Labute approximate surface area is 110 Å². The van der Waals surface area contributed by atoms with Crippen molar-refractivity contribution in [3.8, 4) is 0 Å². The molecule has 0 atom stereocenters. The molecule has 0 fully saturated rings. The van der Waals surface area contributed by atoms with Crippen LogP contribution in [-0.4, -0.2) is 36.7 Å². The van der Waals surface area contributed by atoms with Crippen molar-refractivity contribution in [1.82, 2.24) is 9.97 Å². The highest BCUT2D eigenvalue weighted by Crippen LogP contribution is 2.14. The first-order valence-electron chi connectivity index (χ1n) is 6.60. The van der Waals surface area contributed by atoms with Crippen LogP contribution in [0.1, 0.15) is 32.9 Å². The lowest BCUT2D eigenvalue weighted by molar-refractivity contribution is 0.181. The molecule has 5 heteroatoms. The lowest BCUT2D eigenvalue weighted by atomic mass is 10.4. The number of nitrogens with one attached hydrogen (secondary N) is 1. The van der Waals surface area contributed by atoms with Gasteiger partial charge in [-0.1, -0.05) is 6.92 Å². The maximum Gasteiger partial charge on any atom is 0.227 e. The van der Waals surface area contributed by atoms with Crippen molar-refractivity contribution >= 4 is 11.8 Å². The molecule has 1 N–H and O–H groups in total. The van der Waals surface area contributed by atoms with Crippen molar-refractivity contribution in [3.63, 3.8) is 0 Å². The van der Waals surface area contributed by atoms with E-state index in [4.69, 9.17) is 4.74 Å². The maximum absolute atomic E-state index is 5.15. The number of nitrogens with zero attached hydrogens (tertiary/aromatic N) is 3. The van der Waals surface area contributed by atoms with Crippen LogP contribution >= 0.6 is 0 Å². The zero-order valence-electron chi connectivity index (χ0n) is 11.9. The average molecular weight is 252 g/mol. The molecule has 1 aromatic rings. The first kappa shape index (κ1) is 14.7. The largest absolute Gasteiger partial charge is 0.378 e. The Bertz CT molecular complexity index is 353. The van der Waals surface area contributed by atoms with Crippen molar-refractivity contribution in [2.45, 2.75) is 33.8 Å². The molecular formula is C13H24N4O. The van der Waals surface area contributed by atoms with Crippen molar-refractivity contribution in [2.24, 2.45) is 0 Å². The molecule has 1 rings (SSSR count). The standard InChI is InChI=1S/C13H24N4O/c1-5-8-14-12-9-11(10-18-4)15-13(16-12)17(6-2)7-3/h9H,5-8,10H2,1-4H3,(H,14,15,16). The summed E-state index contributed by atoms with van der Waals surface area (Å²) in [5.41, 5.74) is 0.910. The molecule has 0 aromatic carbocycles. The molecule has 0 aliphatic carbocycles. The number of anilines is 2. The Morgan fingerprint density at radius 3 is 2.50 bits per heavy atom. The fourth-order valence-electron chi connectivity index (χ4n) is 1.70. The molecule has 0 spiro atoms. The first-order chi connectivity index (χ1) is 8.74. The van der Waals surface area contributed by atoms with Crippen LogP contribution in [-0.2, 0) is 11.3 Å². The summed E-state index contributed by atoms with van der Waals surface area (Å²) in [6.45, 7) is 9.58. The van der Waals surface area contributed by atoms with Gasteiger partial charge in [0, 0.05) is 32.8 Å². The summed E-state index contributed by atoms with van der Waals surface area (Å²) in [4.78, 5) is 11.2. The molecule has 18 heavy (non-hydrogen) atoms.